The zero-order chi connectivity index (χ0) is 15.2. The maximum absolute atomic E-state index is 5.47. The number of hydrogen-bond donors (Lipinski definition) is 1. The number of aromatic amines is 1. The van der Waals surface area contributed by atoms with E-state index in [1.807, 2.05) is 19.1 Å². The van der Waals surface area contributed by atoms with E-state index >= 15 is 0 Å². The second-order valence-corrected chi connectivity index (χ2v) is 5.75. The highest BCUT2D eigenvalue weighted by Crippen LogP contribution is 2.25. The molecule has 0 amide bonds. The van der Waals surface area contributed by atoms with Crippen LogP contribution in [-0.4, -0.2) is 22.0 Å². The largest absolute Gasteiger partial charge is 0.494 e. The third-order valence-corrected chi connectivity index (χ3v) is 4.20. The molecule has 0 bridgehead atoms. The summed E-state index contributed by atoms with van der Waals surface area (Å²) >= 11 is 1.67. The number of ether oxygens (including phenoxy) is 1. The van der Waals surface area contributed by atoms with Crippen LogP contribution in [-0.2, 0) is 5.75 Å². The van der Waals surface area contributed by atoms with Crippen LogP contribution in [0.3, 0.4) is 0 Å². The molecule has 1 heterocycles. The van der Waals surface area contributed by atoms with Crippen LogP contribution in [0.4, 0.5) is 0 Å². The van der Waals surface area contributed by atoms with Crippen molar-refractivity contribution in [3.8, 4) is 16.9 Å². The lowest BCUT2D eigenvalue weighted by atomic mass is 10.0. The minimum Gasteiger partial charge on any atom is -0.494 e. The molecule has 0 aliphatic rings. The van der Waals surface area contributed by atoms with Gasteiger partial charge in [0.2, 0.25) is 0 Å². The van der Waals surface area contributed by atoms with Gasteiger partial charge in [0, 0.05) is 5.75 Å². The molecule has 0 radical (unpaired) electrons. The van der Waals surface area contributed by atoms with E-state index in [0.717, 1.165) is 16.5 Å². The van der Waals surface area contributed by atoms with Crippen molar-refractivity contribution in [1.82, 2.24) is 15.4 Å². The molecule has 4 nitrogen and oxygen atoms in total. The van der Waals surface area contributed by atoms with E-state index in [1.54, 1.807) is 18.0 Å². The average molecular weight is 311 g/mol. The standard InChI is InChI=1S/C17H17N3OS/c1-2-21-16-9-7-15(8-10-16)14-5-3-13(4-6-14)12-22-17-11-18-20-19-17/h3-11H,2,12H2,1H3,(H,18,19,20). The second kappa shape index (κ2) is 7.13. The summed E-state index contributed by atoms with van der Waals surface area (Å²) in [7, 11) is 0. The van der Waals surface area contributed by atoms with Gasteiger partial charge in [-0.05, 0) is 35.7 Å². The molecule has 0 fully saturated rings. The normalized spacial score (nSPS) is 10.6. The topological polar surface area (TPSA) is 50.8 Å². The number of aromatic nitrogens is 3. The lowest BCUT2D eigenvalue weighted by Gasteiger charge is -2.06. The SMILES string of the molecule is CCOc1ccc(-c2ccc(CSc3cn[nH]n3)cc2)cc1. The molecule has 0 saturated heterocycles. The summed E-state index contributed by atoms with van der Waals surface area (Å²) in [5.41, 5.74) is 3.67. The molecule has 0 atom stereocenters. The number of H-pyrrole nitrogens is 1. The molecule has 0 spiro atoms. The molecule has 1 aromatic heterocycles. The van der Waals surface area contributed by atoms with E-state index in [1.165, 1.54) is 16.7 Å². The van der Waals surface area contributed by atoms with Gasteiger partial charge in [-0.2, -0.15) is 10.3 Å². The van der Waals surface area contributed by atoms with E-state index in [-0.39, 0.29) is 0 Å². The quantitative estimate of drug-likeness (QED) is 0.694. The third kappa shape index (κ3) is 3.68. The van der Waals surface area contributed by atoms with Crippen LogP contribution in [0.1, 0.15) is 12.5 Å². The summed E-state index contributed by atoms with van der Waals surface area (Å²) in [6.07, 6.45) is 1.74. The first-order valence-corrected chi connectivity index (χ1v) is 8.14. The van der Waals surface area contributed by atoms with Gasteiger partial charge in [0.05, 0.1) is 12.8 Å². The Kier molecular flexibility index (Phi) is 4.75. The molecular weight excluding hydrogens is 294 g/mol. The van der Waals surface area contributed by atoms with E-state index < -0.39 is 0 Å². The zero-order valence-corrected chi connectivity index (χ0v) is 13.1. The Hall–Kier alpha value is -2.27. The number of rotatable bonds is 6. The van der Waals surface area contributed by atoms with E-state index in [0.29, 0.717) is 6.61 Å². The minimum atomic E-state index is 0.692. The fraction of sp³-hybridized carbons (Fsp3) is 0.176. The predicted octanol–water partition coefficient (Wildman–Crippen LogP) is 4.16. The Bertz CT molecular complexity index is 694. The monoisotopic (exact) mass is 311 g/mol. The first kappa shape index (κ1) is 14.7. The Balaban J connectivity index is 1.65. The number of nitrogens with one attached hydrogen (secondary N) is 1. The molecular formula is C17H17N3OS. The zero-order valence-electron chi connectivity index (χ0n) is 12.3. The van der Waals surface area contributed by atoms with Crippen LogP contribution in [0.5, 0.6) is 5.75 Å². The van der Waals surface area contributed by atoms with Crippen molar-refractivity contribution in [3.63, 3.8) is 0 Å². The maximum atomic E-state index is 5.47. The maximum Gasteiger partial charge on any atom is 0.139 e. The molecule has 3 rings (SSSR count). The van der Waals surface area contributed by atoms with Crippen LogP contribution in [0.2, 0.25) is 0 Å². The van der Waals surface area contributed by atoms with Crippen molar-refractivity contribution < 1.29 is 4.74 Å². The fourth-order valence-corrected chi connectivity index (χ4v) is 2.86. The van der Waals surface area contributed by atoms with Crippen molar-refractivity contribution in [2.45, 2.75) is 17.7 Å². The van der Waals surface area contributed by atoms with Gasteiger partial charge in [-0.3, -0.25) is 0 Å². The first-order chi connectivity index (χ1) is 10.8. The summed E-state index contributed by atoms with van der Waals surface area (Å²) in [6.45, 7) is 2.68. The van der Waals surface area contributed by atoms with Gasteiger partial charge in [0.15, 0.2) is 0 Å². The lowest BCUT2D eigenvalue weighted by Crippen LogP contribution is -1.90. The molecule has 0 aliphatic carbocycles. The van der Waals surface area contributed by atoms with Crippen LogP contribution in [0.15, 0.2) is 59.8 Å². The molecule has 0 unspecified atom stereocenters. The van der Waals surface area contributed by atoms with E-state index in [4.69, 9.17) is 4.74 Å². The molecule has 0 saturated carbocycles. The van der Waals surface area contributed by atoms with Crippen molar-refractivity contribution in [1.29, 1.82) is 0 Å². The van der Waals surface area contributed by atoms with Gasteiger partial charge in [-0.25, -0.2) is 0 Å². The number of thioether (sulfide) groups is 1. The summed E-state index contributed by atoms with van der Waals surface area (Å²) < 4.78 is 5.47. The molecule has 22 heavy (non-hydrogen) atoms. The van der Waals surface area contributed by atoms with Crippen molar-refractivity contribution >= 4 is 11.8 Å². The van der Waals surface area contributed by atoms with Gasteiger partial charge in [0.25, 0.3) is 0 Å². The Morgan fingerprint density at radius 2 is 1.68 bits per heavy atom. The second-order valence-electron chi connectivity index (χ2n) is 4.75. The van der Waals surface area contributed by atoms with E-state index in [9.17, 15) is 0 Å². The van der Waals surface area contributed by atoms with Gasteiger partial charge < -0.3 is 4.74 Å². The van der Waals surface area contributed by atoms with Gasteiger partial charge in [-0.1, -0.05) is 48.2 Å². The summed E-state index contributed by atoms with van der Waals surface area (Å²) in [5.74, 6) is 1.79. The van der Waals surface area contributed by atoms with Gasteiger partial charge in [0.1, 0.15) is 10.8 Å². The highest BCUT2D eigenvalue weighted by Gasteiger charge is 2.01. The first-order valence-electron chi connectivity index (χ1n) is 7.16. The minimum absolute atomic E-state index is 0.692. The average Bonchev–Trinajstić information content (AvgIpc) is 3.08. The number of hydrogen-bond acceptors (Lipinski definition) is 4. The Morgan fingerprint density at radius 3 is 2.27 bits per heavy atom. The summed E-state index contributed by atoms with van der Waals surface area (Å²) in [4.78, 5) is 0. The van der Waals surface area contributed by atoms with Crippen molar-refractivity contribution in [2.75, 3.05) is 6.61 Å². The highest BCUT2D eigenvalue weighted by atomic mass is 32.2. The lowest BCUT2D eigenvalue weighted by molar-refractivity contribution is 0.340. The third-order valence-electron chi connectivity index (χ3n) is 3.23. The van der Waals surface area contributed by atoms with Gasteiger partial charge >= 0.3 is 0 Å². The Morgan fingerprint density at radius 1 is 1.00 bits per heavy atom. The number of nitrogens with zero attached hydrogens (tertiary/aromatic N) is 2. The summed E-state index contributed by atoms with van der Waals surface area (Å²) in [5, 5.41) is 11.4. The van der Waals surface area contributed by atoms with Crippen LogP contribution < -0.4 is 4.74 Å². The van der Waals surface area contributed by atoms with Gasteiger partial charge in [-0.15, -0.1) is 5.10 Å². The predicted molar refractivity (Wildman–Crippen MR) is 89.0 cm³/mol. The van der Waals surface area contributed by atoms with E-state index in [2.05, 4.69) is 51.8 Å². The molecule has 0 aliphatic heterocycles. The molecule has 3 aromatic rings. The molecule has 1 N–H and O–H groups in total. The number of benzene rings is 2. The van der Waals surface area contributed by atoms with Crippen molar-refractivity contribution in [2.24, 2.45) is 0 Å². The molecule has 2 aromatic carbocycles. The highest BCUT2D eigenvalue weighted by molar-refractivity contribution is 7.98. The smallest absolute Gasteiger partial charge is 0.139 e. The van der Waals surface area contributed by atoms with Crippen molar-refractivity contribution in [3.05, 3.63) is 60.3 Å². The van der Waals surface area contributed by atoms with Crippen LogP contribution in [0.25, 0.3) is 11.1 Å². The molecule has 112 valence electrons. The fourth-order valence-electron chi connectivity index (χ4n) is 2.12. The van der Waals surface area contributed by atoms with Crippen LogP contribution in [0, 0.1) is 0 Å². The van der Waals surface area contributed by atoms with Crippen LogP contribution >= 0.6 is 11.8 Å². The summed E-state index contributed by atoms with van der Waals surface area (Å²) in [6, 6.07) is 16.8. The molecule has 5 heteroatoms. The Labute approximate surface area is 133 Å².